The Morgan fingerprint density at radius 3 is 2.31 bits per heavy atom. The summed E-state index contributed by atoms with van der Waals surface area (Å²) in [5, 5.41) is 0. The first-order valence-corrected chi connectivity index (χ1v) is 7.65. The van der Waals surface area contributed by atoms with Crippen LogP contribution in [0.3, 0.4) is 0 Å². The van der Waals surface area contributed by atoms with Gasteiger partial charge in [0.15, 0.2) is 17.2 Å². The summed E-state index contributed by atoms with van der Waals surface area (Å²) in [6.07, 6.45) is 1.48. The van der Waals surface area contributed by atoms with Crippen molar-refractivity contribution in [2.24, 2.45) is 4.99 Å². The zero-order chi connectivity index (χ0) is 18.7. The minimum absolute atomic E-state index is 0.0220. The number of carbonyl (C=O) groups excluding carboxylic acids is 1. The van der Waals surface area contributed by atoms with Crippen LogP contribution in [-0.4, -0.2) is 33.2 Å². The van der Waals surface area contributed by atoms with Gasteiger partial charge in [-0.1, -0.05) is 12.1 Å². The van der Waals surface area contributed by atoms with Crippen LogP contribution in [0.4, 0.5) is 4.39 Å². The Morgan fingerprint density at radius 2 is 1.65 bits per heavy atom. The lowest BCUT2D eigenvalue weighted by Gasteiger charge is -2.12. The maximum Gasteiger partial charge on any atom is 0.363 e. The summed E-state index contributed by atoms with van der Waals surface area (Å²) in [6, 6.07) is 9.21. The number of aliphatic imine (C=N–C) groups is 1. The molecule has 0 amide bonds. The number of halogens is 1. The summed E-state index contributed by atoms with van der Waals surface area (Å²) >= 11 is 0. The number of hydrogen-bond donors (Lipinski definition) is 0. The number of carbonyl (C=O) groups is 1. The normalized spacial score (nSPS) is 14.8. The van der Waals surface area contributed by atoms with E-state index in [-0.39, 0.29) is 17.2 Å². The Kier molecular flexibility index (Phi) is 4.88. The fourth-order valence-corrected chi connectivity index (χ4v) is 2.47. The molecule has 0 fully saturated rings. The van der Waals surface area contributed by atoms with E-state index in [4.69, 9.17) is 18.9 Å². The molecule has 0 unspecified atom stereocenters. The van der Waals surface area contributed by atoms with Crippen LogP contribution < -0.4 is 14.2 Å². The van der Waals surface area contributed by atoms with Crippen molar-refractivity contribution >= 4 is 17.9 Å². The molecule has 0 bridgehead atoms. The van der Waals surface area contributed by atoms with E-state index >= 15 is 0 Å². The number of benzene rings is 2. The second-order valence-electron chi connectivity index (χ2n) is 5.27. The number of nitrogens with zero attached hydrogens (tertiary/aromatic N) is 1. The highest BCUT2D eigenvalue weighted by Crippen LogP contribution is 2.36. The first-order chi connectivity index (χ1) is 12.6. The van der Waals surface area contributed by atoms with Crippen molar-refractivity contribution in [3.63, 3.8) is 0 Å². The summed E-state index contributed by atoms with van der Waals surface area (Å²) in [5.74, 6) is 0.112. The largest absolute Gasteiger partial charge is 0.496 e. The fraction of sp³-hybridized carbons (Fsp3) is 0.158. The van der Waals surface area contributed by atoms with E-state index in [1.54, 1.807) is 24.3 Å². The van der Waals surface area contributed by atoms with Gasteiger partial charge in [-0.3, -0.25) is 0 Å². The topological polar surface area (TPSA) is 66.3 Å². The Hall–Kier alpha value is -3.35. The molecule has 0 radical (unpaired) electrons. The number of esters is 1. The minimum atomic E-state index is -0.680. The van der Waals surface area contributed by atoms with Crippen molar-refractivity contribution in [2.75, 3.05) is 21.3 Å². The maximum atomic E-state index is 13.9. The zero-order valence-corrected chi connectivity index (χ0v) is 14.4. The molecule has 0 atom stereocenters. The van der Waals surface area contributed by atoms with Gasteiger partial charge < -0.3 is 18.9 Å². The van der Waals surface area contributed by atoms with E-state index in [0.717, 1.165) is 0 Å². The first kappa shape index (κ1) is 17.5. The van der Waals surface area contributed by atoms with E-state index in [1.165, 1.54) is 39.5 Å². The molecule has 0 saturated carbocycles. The molecule has 0 saturated heterocycles. The van der Waals surface area contributed by atoms with Crippen LogP contribution in [0.5, 0.6) is 17.2 Å². The van der Waals surface area contributed by atoms with Crippen LogP contribution in [0.25, 0.3) is 6.08 Å². The SMILES string of the molecule is COc1cc(OC)c(OC)cc1/C=C1\N=C(c2ccccc2F)OC1=O. The summed E-state index contributed by atoms with van der Waals surface area (Å²) in [7, 11) is 4.50. The summed E-state index contributed by atoms with van der Waals surface area (Å²) in [4.78, 5) is 16.2. The van der Waals surface area contributed by atoms with Crippen LogP contribution >= 0.6 is 0 Å². The molecule has 0 aromatic heterocycles. The van der Waals surface area contributed by atoms with E-state index in [0.29, 0.717) is 22.8 Å². The molecule has 26 heavy (non-hydrogen) atoms. The van der Waals surface area contributed by atoms with Crippen molar-refractivity contribution in [1.29, 1.82) is 0 Å². The molecule has 134 valence electrons. The van der Waals surface area contributed by atoms with E-state index < -0.39 is 11.8 Å². The average molecular weight is 357 g/mol. The highest BCUT2D eigenvalue weighted by molar-refractivity contribution is 6.13. The van der Waals surface area contributed by atoms with Gasteiger partial charge in [-0.15, -0.1) is 0 Å². The predicted octanol–water partition coefficient (Wildman–Crippen LogP) is 3.20. The number of cyclic esters (lactones) is 1. The van der Waals surface area contributed by atoms with Gasteiger partial charge in [0.1, 0.15) is 11.6 Å². The van der Waals surface area contributed by atoms with Crippen molar-refractivity contribution < 1.29 is 28.1 Å². The van der Waals surface area contributed by atoms with Gasteiger partial charge in [-0.25, -0.2) is 14.2 Å². The standard InChI is InChI=1S/C19H16FNO5/c1-23-15-10-17(25-3)16(24-2)9-11(15)8-14-19(22)26-18(21-14)12-6-4-5-7-13(12)20/h4-10H,1-3H3/b14-8-. The Labute approximate surface area is 149 Å². The zero-order valence-electron chi connectivity index (χ0n) is 14.4. The lowest BCUT2D eigenvalue weighted by atomic mass is 10.1. The first-order valence-electron chi connectivity index (χ1n) is 7.65. The fourth-order valence-electron chi connectivity index (χ4n) is 2.47. The van der Waals surface area contributed by atoms with Crippen LogP contribution in [0, 0.1) is 5.82 Å². The second kappa shape index (κ2) is 7.26. The highest BCUT2D eigenvalue weighted by Gasteiger charge is 2.26. The highest BCUT2D eigenvalue weighted by atomic mass is 19.1. The van der Waals surface area contributed by atoms with Crippen LogP contribution in [0.2, 0.25) is 0 Å². The van der Waals surface area contributed by atoms with Gasteiger partial charge >= 0.3 is 5.97 Å². The van der Waals surface area contributed by atoms with Gasteiger partial charge in [0.25, 0.3) is 0 Å². The Bertz CT molecular complexity index is 920. The molecular formula is C19H16FNO5. The molecule has 2 aromatic carbocycles. The van der Waals surface area contributed by atoms with Gasteiger partial charge in [0.2, 0.25) is 5.90 Å². The molecule has 1 aliphatic rings. The van der Waals surface area contributed by atoms with Gasteiger partial charge in [-0.05, 0) is 24.3 Å². The quantitative estimate of drug-likeness (QED) is 0.607. The molecule has 2 aromatic rings. The smallest absolute Gasteiger partial charge is 0.363 e. The number of rotatable bonds is 5. The molecular weight excluding hydrogens is 341 g/mol. The van der Waals surface area contributed by atoms with Crippen LogP contribution in [0.1, 0.15) is 11.1 Å². The van der Waals surface area contributed by atoms with Crippen molar-refractivity contribution in [3.8, 4) is 17.2 Å². The molecule has 1 aliphatic heterocycles. The molecule has 3 rings (SSSR count). The summed E-state index contributed by atoms with van der Waals surface area (Å²) in [6.45, 7) is 0. The van der Waals surface area contributed by atoms with E-state index in [9.17, 15) is 9.18 Å². The predicted molar refractivity (Wildman–Crippen MR) is 93.1 cm³/mol. The van der Waals surface area contributed by atoms with Gasteiger partial charge in [-0.2, -0.15) is 0 Å². The van der Waals surface area contributed by atoms with Crippen LogP contribution in [0.15, 0.2) is 47.1 Å². The number of ether oxygens (including phenoxy) is 4. The lowest BCUT2D eigenvalue weighted by molar-refractivity contribution is -0.129. The lowest BCUT2D eigenvalue weighted by Crippen LogP contribution is -2.07. The van der Waals surface area contributed by atoms with Crippen LogP contribution in [-0.2, 0) is 9.53 Å². The molecule has 6 nitrogen and oxygen atoms in total. The van der Waals surface area contributed by atoms with E-state index in [2.05, 4.69) is 4.99 Å². The van der Waals surface area contributed by atoms with E-state index in [1.807, 2.05) is 0 Å². The van der Waals surface area contributed by atoms with Crippen molar-refractivity contribution in [1.82, 2.24) is 0 Å². The third kappa shape index (κ3) is 3.23. The van der Waals surface area contributed by atoms with Gasteiger partial charge in [0, 0.05) is 11.6 Å². The average Bonchev–Trinajstić information content (AvgIpc) is 3.01. The van der Waals surface area contributed by atoms with Crippen molar-refractivity contribution in [2.45, 2.75) is 0 Å². The minimum Gasteiger partial charge on any atom is -0.496 e. The Balaban J connectivity index is 2.04. The molecule has 0 aliphatic carbocycles. The third-order valence-corrected chi connectivity index (χ3v) is 3.75. The number of methoxy groups -OCH3 is 3. The second-order valence-corrected chi connectivity index (χ2v) is 5.27. The molecule has 0 N–H and O–H groups in total. The maximum absolute atomic E-state index is 13.9. The van der Waals surface area contributed by atoms with Crippen molar-refractivity contribution in [3.05, 3.63) is 59.0 Å². The number of hydrogen-bond acceptors (Lipinski definition) is 6. The van der Waals surface area contributed by atoms with Gasteiger partial charge in [0.05, 0.1) is 26.9 Å². The molecule has 1 heterocycles. The Morgan fingerprint density at radius 1 is 1.00 bits per heavy atom. The third-order valence-electron chi connectivity index (χ3n) is 3.75. The summed E-state index contributed by atoms with van der Waals surface area (Å²) < 4.78 is 34.8. The molecule has 0 spiro atoms. The molecule has 7 heteroatoms. The summed E-state index contributed by atoms with van der Waals surface area (Å²) in [5.41, 5.74) is 0.674. The monoisotopic (exact) mass is 357 g/mol.